The van der Waals surface area contributed by atoms with Crippen molar-refractivity contribution in [3.05, 3.63) is 59.2 Å². The van der Waals surface area contributed by atoms with Gasteiger partial charge in [0.1, 0.15) is 18.5 Å². The predicted molar refractivity (Wildman–Crippen MR) is 96.0 cm³/mol. The fraction of sp³-hybridized carbons (Fsp3) is 0.263. The highest BCUT2D eigenvalue weighted by Gasteiger charge is 2.37. The van der Waals surface area contributed by atoms with E-state index in [-0.39, 0.29) is 25.3 Å². The van der Waals surface area contributed by atoms with Gasteiger partial charge in [-0.2, -0.15) is 0 Å². The van der Waals surface area contributed by atoms with Gasteiger partial charge in [0.05, 0.1) is 23.6 Å². The second-order valence-electron chi connectivity index (χ2n) is 6.21. The highest BCUT2D eigenvalue weighted by Crippen LogP contribution is 2.39. The monoisotopic (exact) mass is 353 g/mol. The van der Waals surface area contributed by atoms with Gasteiger partial charge in [0, 0.05) is 18.5 Å². The Balaban J connectivity index is 1.71. The molecule has 0 aliphatic carbocycles. The molecule has 7 heteroatoms. The number of oxime groups is 1. The number of hydrogen-bond donors (Lipinski definition) is 3. The molecule has 2 aromatic rings. The third-order valence-electron chi connectivity index (χ3n) is 4.72. The van der Waals surface area contributed by atoms with E-state index in [0.717, 1.165) is 16.8 Å². The van der Waals surface area contributed by atoms with Gasteiger partial charge in [-0.1, -0.05) is 29.4 Å². The lowest BCUT2D eigenvalue weighted by Gasteiger charge is -2.42. The van der Waals surface area contributed by atoms with Crippen LogP contribution in [0.15, 0.2) is 47.6 Å². The molecule has 0 bridgehead atoms. The Morgan fingerprint density at radius 3 is 2.69 bits per heavy atom. The lowest BCUT2D eigenvalue weighted by atomic mass is 9.92. The Bertz CT molecular complexity index is 864. The van der Waals surface area contributed by atoms with Crippen LogP contribution in [0.1, 0.15) is 34.1 Å². The highest BCUT2D eigenvalue weighted by atomic mass is 16.5. The van der Waals surface area contributed by atoms with E-state index in [2.05, 4.69) is 15.4 Å². The van der Waals surface area contributed by atoms with Crippen LogP contribution in [-0.2, 0) is 0 Å². The minimum atomic E-state index is -0.303. The van der Waals surface area contributed by atoms with E-state index in [1.807, 2.05) is 30.3 Å². The van der Waals surface area contributed by atoms with Crippen molar-refractivity contribution in [3.8, 4) is 5.75 Å². The van der Waals surface area contributed by atoms with E-state index in [9.17, 15) is 10.0 Å². The molecule has 2 heterocycles. The number of carbonyl (C=O) groups is 1. The summed E-state index contributed by atoms with van der Waals surface area (Å²) in [5, 5.41) is 24.6. The molecule has 1 unspecified atom stereocenters. The third kappa shape index (κ3) is 2.66. The normalized spacial score (nSPS) is 19.9. The van der Waals surface area contributed by atoms with Gasteiger partial charge < -0.3 is 25.3 Å². The van der Waals surface area contributed by atoms with Crippen molar-refractivity contribution in [3.63, 3.8) is 0 Å². The Hall–Kier alpha value is -3.06. The standard InChI is InChI=1S/C19H19N3O4/c23-10-11-26-13-6-4-12(5-7-13)18-20-19(24)15-3-1-2-14-16(21-25)8-9-22(18)17(14)15/h1-7,18,23,25H,8-11H2,(H,20,24). The van der Waals surface area contributed by atoms with Gasteiger partial charge in [-0.05, 0) is 23.8 Å². The van der Waals surface area contributed by atoms with Crippen molar-refractivity contribution in [2.75, 3.05) is 24.7 Å². The van der Waals surface area contributed by atoms with Crippen LogP contribution in [-0.4, -0.2) is 41.7 Å². The number of ether oxygens (including phenoxy) is 1. The minimum Gasteiger partial charge on any atom is -0.491 e. The number of amides is 1. The summed E-state index contributed by atoms with van der Waals surface area (Å²) in [5.74, 6) is 0.516. The lowest BCUT2D eigenvalue weighted by Crippen LogP contribution is -2.49. The highest BCUT2D eigenvalue weighted by molar-refractivity contribution is 6.13. The second-order valence-corrected chi connectivity index (χ2v) is 6.21. The Morgan fingerprint density at radius 2 is 1.96 bits per heavy atom. The fourth-order valence-corrected chi connectivity index (χ4v) is 3.56. The minimum absolute atomic E-state index is 0.0392. The smallest absolute Gasteiger partial charge is 0.255 e. The molecule has 0 saturated carbocycles. The van der Waals surface area contributed by atoms with E-state index in [1.54, 1.807) is 12.1 Å². The van der Waals surface area contributed by atoms with Crippen LogP contribution in [0.3, 0.4) is 0 Å². The van der Waals surface area contributed by atoms with E-state index in [4.69, 9.17) is 9.84 Å². The molecule has 2 aliphatic rings. The molecule has 0 saturated heterocycles. The molecule has 3 N–H and O–H groups in total. The van der Waals surface area contributed by atoms with Gasteiger partial charge in [0.2, 0.25) is 0 Å². The SMILES string of the molecule is O=C1NC(c2ccc(OCCO)cc2)N2CCC(=NO)c3cccc1c32. The van der Waals surface area contributed by atoms with Crippen molar-refractivity contribution in [2.45, 2.75) is 12.6 Å². The summed E-state index contributed by atoms with van der Waals surface area (Å²) in [7, 11) is 0. The third-order valence-corrected chi connectivity index (χ3v) is 4.72. The van der Waals surface area contributed by atoms with Gasteiger partial charge in [0.15, 0.2) is 0 Å². The second kappa shape index (κ2) is 6.68. The van der Waals surface area contributed by atoms with E-state index in [0.29, 0.717) is 30.0 Å². The number of benzene rings is 2. The first-order valence-electron chi connectivity index (χ1n) is 8.48. The summed E-state index contributed by atoms with van der Waals surface area (Å²) in [6.07, 6.45) is 0.292. The number of rotatable bonds is 4. The molecule has 0 radical (unpaired) electrons. The van der Waals surface area contributed by atoms with Crippen LogP contribution in [0, 0.1) is 0 Å². The van der Waals surface area contributed by atoms with Crippen molar-refractivity contribution in [1.29, 1.82) is 0 Å². The summed E-state index contributed by atoms with van der Waals surface area (Å²) in [6, 6.07) is 12.9. The maximum atomic E-state index is 12.6. The molecule has 2 aromatic carbocycles. The number of nitrogens with one attached hydrogen (secondary N) is 1. The molecule has 0 aromatic heterocycles. The zero-order chi connectivity index (χ0) is 18.1. The van der Waals surface area contributed by atoms with E-state index in [1.165, 1.54) is 0 Å². The quantitative estimate of drug-likeness (QED) is 0.576. The molecular formula is C19H19N3O4. The fourth-order valence-electron chi connectivity index (χ4n) is 3.56. The zero-order valence-corrected chi connectivity index (χ0v) is 14.1. The molecule has 2 aliphatic heterocycles. The molecular weight excluding hydrogens is 334 g/mol. The van der Waals surface area contributed by atoms with Crippen LogP contribution in [0.4, 0.5) is 5.69 Å². The molecule has 134 valence electrons. The van der Waals surface area contributed by atoms with Gasteiger partial charge in [-0.3, -0.25) is 4.79 Å². The van der Waals surface area contributed by atoms with Gasteiger partial charge in [0.25, 0.3) is 5.91 Å². The Kier molecular flexibility index (Phi) is 4.22. The lowest BCUT2D eigenvalue weighted by molar-refractivity contribution is 0.0926. The summed E-state index contributed by atoms with van der Waals surface area (Å²) < 4.78 is 5.39. The molecule has 1 atom stereocenters. The summed E-state index contributed by atoms with van der Waals surface area (Å²) in [5.41, 5.74) is 3.71. The largest absolute Gasteiger partial charge is 0.491 e. The molecule has 4 rings (SSSR count). The molecule has 0 spiro atoms. The van der Waals surface area contributed by atoms with Crippen LogP contribution in [0.5, 0.6) is 5.75 Å². The van der Waals surface area contributed by atoms with Crippen molar-refractivity contribution >= 4 is 17.3 Å². The number of hydrogen-bond acceptors (Lipinski definition) is 6. The van der Waals surface area contributed by atoms with Gasteiger partial charge >= 0.3 is 0 Å². The summed E-state index contributed by atoms with van der Waals surface area (Å²) in [4.78, 5) is 14.7. The van der Waals surface area contributed by atoms with Gasteiger partial charge in [-0.15, -0.1) is 0 Å². The van der Waals surface area contributed by atoms with Crippen molar-refractivity contribution in [2.24, 2.45) is 5.16 Å². The Morgan fingerprint density at radius 1 is 1.19 bits per heavy atom. The van der Waals surface area contributed by atoms with E-state index < -0.39 is 0 Å². The zero-order valence-electron chi connectivity index (χ0n) is 14.1. The number of aliphatic hydroxyl groups excluding tert-OH is 1. The average Bonchev–Trinajstić information content (AvgIpc) is 2.69. The maximum Gasteiger partial charge on any atom is 0.255 e. The van der Waals surface area contributed by atoms with Crippen LogP contribution >= 0.6 is 0 Å². The first-order valence-corrected chi connectivity index (χ1v) is 8.48. The summed E-state index contributed by atoms with van der Waals surface area (Å²) in [6.45, 7) is 0.839. The van der Waals surface area contributed by atoms with Crippen LogP contribution in [0.25, 0.3) is 0 Å². The molecule has 26 heavy (non-hydrogen) atoms. The first kappa shape index (κ1) is 16.4. The number of carbonyl (C=O) groups excluding carboxylic acids is 1. The first-order chi connectivity index (χ1) is 12.7. The van der Waals surface area contributed by atoms with Crippen molar-refractivity contribution < 1.29 is 19.8 Å². The molecule has 0 fully saturated rings. The van der Waals surface area contributed by atoms with Gasteiger partial charge in [-0.25, -0.2) is 0 Å². The van der Waals surface area contributed by atoms with E-state index >= 15 is 0 Å². The average molecular weight is 353 g/mol. The number of nitrogens with zero attached hydrogens (tertiary/aromatic N) is 2. The topological polar surface area (TPSA) is 94.4 Å². The number of para-hydroxylation sites is 1. The number of aliphatic hydroxyl groups is 1. The molecule has 7 nitrogen and oxygen atoms in total. The van der Waals surface area contributed by atoms with Crippen LogP contribution in [0.2, 0.25) is 0 Å². The Labute approximate surface area is 150 Å². The maximum absolute atomic E-state index is 12.6. The molecule has 1 amide bonds. The summed E-state index contributed by atoms with van der Waals surface area (Å²) >= 11 is 0. The number of anilines is 1. The van der Waals surface area contributed by atoms with Crippen LogP contribution < -0.4 is 15.0 Å². The predicted octanol–water partition coefficient (Wildman–Crippen LogP) is 1.89. The van der Waals surface area contributed by atoms with Crippen molar-refractivity contribution in [1.82, 2.24) is 5.32 Å².